The van der Waals surface area contributed by atoms with Gasteiger partial charge in [-0.05, 0) is 33.8 Å². The number of amides is 1. The Hall–Kier alpha value is -2.12. The zero-order chi connectivity index (χ0) is 19.0. The minimum absolute atomic E-state index is 0.0365. The number of thiazole rings is 1. The Morgan fingerprint density at radius 3 is 2.81 bits per heavy atom. The van der Waals surface area contributed by atoms with Crippen molar-refractivity contribution in [3.63, 3.8) is 0 Å². The van der Waals surface area contributed by atoms with E-state index < -0.39 is 0 Å². The molecule has 3 aromatic heterocycles. The van der Waals surface area contributed by atoms with Crippen LogP contribution in [0.4, 0.5) is 0 Å². The summed E-state index contributed by atoms with van der Waals surface area (Å²) >= 11 is 7.83. The molecule has 138 valence electrons. The Morgan fingerprint density at radius 1 is 1.42 bits per heavy atom. The summed E-state index contributed by atoms with van der Waals surface area (Å²) in [5.74, 6) is 0.180. The van der Waals surface area contributed by atoms with Crippen LogP contribution in [0.1, 0.15) is 40.5 Å². The number of aryl methyl sites for hydroxylation is 2. The van der Waals surface area contributed by atoms with Crippen LogP contribution in [0, 0.1) is 13.8 Å². The maximum atomic E-state index is 12.8. The van der Waals surface area contributed by atoms with E-state index in [0.29, 0.717) is 23.0 Å². The van der Waals surface area contributed by atoms with Crippen LogP contribution in [0.15, 0.2) is 18.5 Å². The van der Waals surface area contributed by atoms with Crippen LogP contribution in [0.5, 0.6) is 5.88 Å². The van der Waals surface area contributed by atoms with Gasteiger partial charge in [0.05, 0.1) is 29.6 Å². The van der Waals surface area contributed by atoms with E-state index in [1.54, 1.807) is 29.4 Å². The molecule has 3 heterocycles. The third-order valence-electron chi connectivity index (χ3n) is 3.88. The predicted molar refractivity (Wildman–Crippen MR) is 103 cm³/mol. The molecule has 0 saturated carbocycles. The Kier molecular flexibility index (Phi) is 5.20. The SMILES string of the molecule is Cc1cn2c(CN(C)C(=O)c3cnc(OC(C)C)c(Cl)c3)c(C)nc2s1. The Labute approximate surface area is 161 Å². The molecule has 0 radical (unpaired) electrons. The van der Waals surface area contributed by atoms with Gasteiger partial charge in [0.1, 0.15) is 5.02 Å². The van der Waals surface area contributed by atoms with Crippen molar-refractivity contribution in [1.29, 1.82) is 0 Å². The lowest BCUT2D eigenvalue weighted by molar-refractivity contribution is 0.0782. The van der Waals surface area contributed by atoms with Crippen LogP contribution < -0.4 is 4.74 Å². The van der Waals surface area contributed by atoms with Gasteiger partial charge in [0, 0.05) is 24.3 Å². The lowest BCUT2D eigenvalue weighted by Gasteiger charge is -2.18. The largest absolute Gasteiger partial charge is 0.474 e. The fourth-order valence-electron chi connectivity index (χ4n) is 2.67. The van der Waals surface area contributed by atoms with E-state index in [1.165, 1.54) is 11.1 Å². The normalized spacial score (nSPS) is 11.3. The van der Waals surface area contributed by atoms with Crippen molar-refractivity contribution in [3.05, 3.63) is 45.3 Å². The van der Waals surface area contributed by atoms with Crippen molar-refractivity contribution in [3.8, 4) is 5.88 Å². The average molecular weight is 393 g/mol. The Balaban J connectivity index is 1.81. The van der Waals surface area contributed by atoms with Gasteiger partial charge < -0.3 is 9.64 Å². The van der Waals surface area contributed by atoms with E-state index in [2.05, 4.69) is 9.97 Å². The lowest BCUT2D eigenvalue weighted by atomic mass is 10.2. The summed E-state index contributed by atoms with van der Waals surface area (Å²) < 4.78 is 7.56. The highest BCUT2D eigenvalue weighted by molar-refractivity contribution is 7.17. The van der Waals surface area contributed by atoms with Gasteiger partial charge in [-0.25, -0.2) is 9.97 Å². The van der Waals surface area contributed by atoms with Gasteiger partial charge in [-0.3, -0.25) is 9.20 Å². The lowest BCUT2D eigenvalue weighted by Crippen LogP contribution is -2.27. The molecule has 26 heavy (non-hydrogen) atoms. The highest BCUT2D eigenvalue weighted by Gasteiger charge is 2.19. The van der Waals surface area contributed by atoms with Gasteiger partial charge in [-0.15, -0.1) is 11.3 Å². The summed E-state index contributed by atoms with van der Waals surface area (Å²) in [6.45, 7) is 8.24. The van der Waals surface area contributed by atoms with Gasteiger partial charge in [0.15, 0.2) is 4.96 Å². The zero-order valence-electron chi connectivity index (χ0n) is 15.4. The molecule has 8 heteroatoms. The molecule has 0 atom stereocenters. The monoisotopic (exact) mass is 392 g/mol. The predicted octanol–water partition coefficient (Wildman–Crippen LogP) is 4.12. The summed E-state index contributed by atoms with van der Waals surface area (Å²) in [6.07, 6.45) is 3.51. The zero-order valence-corrected chi connectivity index (χ0v) is 17.0. The van der Waals surface area contributed by atoms with Crippen molar-refractivity contribution >= 4 is 33.8 Å². The number of rotatable bonds is 5. The van der Waals surface area contributed by atoms with Crippen LogP contribution in [-0.4, -0.2) is 38.3 Å². The first-order chi connectivity index (χ1) is 12.3. The molecule has 0 unspecified atom stereocenters. The number of nitrogens with zero attached hydrogens (tertiary/aromatic N) is 4. The number of halogens is 1. The standard InChI is InChI=1S/C18H21ClN4O2S/c1-10(2)25-16-14(19)6-13(7-20-16)17(24)22(5)9-15-12(4)21-18-23(15)8-11(3)26-18/h6-8,10H,9H2,1-5H3. The molecule has 0 aliphatic carbocycles. The molecule has 0 spiro atoms. The number of pyridine rings is 1. The van der Waals surface area contributed by atoms with E-state index in [4.69, 9.17) is 16.3 Å². The first-order valence-electron chi connectivity index (χ1n) is 8.28. The van der Waals surface area contributed by atoms with Crippen molar-refractivity contribution in [2.24, 2.45) is 0 Å². The highest BCUT2D eigenvalue weighted by Crippen LogP contribution is 2.25. The maximum absolute atomic E-state index is 12.8. The van der Waals surface area contributed by atoms with Gasteiger partial charge in [-0.2, -0.15) is 0 Å². The molecular formula is C18H21ClN4O2S. The molecule has 0 bridgehead atoms. The minimum Gasteiger partial charge on any atom is -0.474 e. The van der Waals surface area contributed by atoms with Crippen molar-refractivity contribution in [2.75, 3.05) is 7.05 Å². The number of fused-ring (bicyclic) bond motifs is 1. The fourth-order valence-corrected chi connectivity index (χ4v) is 3.77. The maximum Gasteiger partial charge on any atom is 0.255 e. The van der Waals surface area contributed by atoms with E-state index in [1.807, 2.05) is 38.3 Å². The van der Waals surface area contributed by atoms with Crippen LogP contribution in [-0.2, 0) is 6.54 Å². The minimum atomic E-state index is -0.156. The number of carbonyl (C=O) groups excluding carboxylic acids is 1. The molecule has 0 fully saturated rings. The van der Waals surface area contributed by atoms with E-state index in [0.717, 1.165) is 16.3 Å². The molecule has 0 aliphatic rings. The summed E-state index contributed by atoms with van der Waals surface area (Å²) in [6, 6.07) is 1.60. The highest BCUT2D eigenvalue weighted by atomic mass is 35.5. The molecule has 3 rings (SSSR count). The first kappa shape index (κ1) is 18.7. The third kappa shape index (κ3) is 3.68. The van der Waals surface area contributed by atoms with E-state index in [-0.39, 0.29) is 12.0 Å². The van der Waals surface area contributed by atoms with Gasteiger partial charge in [-0.1, -0.05) is 11.6 Å². The van der Waals surface area contributed by atoms with Gasteiger partial charge >= 0.3 is 0 Å². The number of ether oxygens (including phenoxy) is 1. The van der Waals surface area contributed by atoms with Crippen LogP contribution in [0.3, 0.4) is 0 Å². The van der Waals surface area contributed by atoms with Gasteiger partial charge in [0.25, 0.3) is 5.91 Å². The molecule has 0 N–H and O–H groups in total. The third-order valence-corrected chi connectivity index (χ3v) is 5.05. The topological polar surface area (TPSA) is 59.7 Å². The Bertz CT molecular complexity index is 964. The molecule has 6 nitrogen and oxygen atoms in total. The van der Waals surface area contributed by atoms with Gasteiger partial charge in [0.2, 0.25) is 5.88 Å². The molecular weight excluding hydrogens is 372 g/mol. The number of carbonyl (C=O) groups is 1. The van der Waals surface area contributed by atoms with Crippen molar-refractivity contribution in [2.45, 2.75) is 40.3 Å². The second kappa shape index (κ2) is 7.25. The van der Waals surface area contributed by atoms with Crippen molar-refractivity contribution in [1.82, 2.24) is 19.3 Å². The summed E-state index contributed by atoms with van der Waals surface area (Å²) in [7, 11) is 1.76. The summed E-state index contributed by atoms with van der Waals surface area (Å²) in [5, 5.41) is 0.328. The number of imidazole rings is 1. The van der Waals surface area contributed by atoms with Crippen molar-refractivity contribution < 1.29 is 9.53 Å². The summed E-state index contributed by atoms with van der Waals surface area (Å²) in [4.78, 5) is 25.3. The first-order valence-corrected chi connectivity index (χ1v) is 9.47. The van der Waals surface area contributed by atoms with E-state index in [9.17, 15) is 4.79 Å². The van der Waals surface area contributed by atoms with Crippen LogP contribution in [0.25, 0.3) is 4.96 Å². The second-order valence-electron chi connectivity index (χ2n) is 6.48. The molecule has 0 saturated heterocycles. The molecule has 0 aromatic carbocycles. The quantitative estimate of drug-likeness (QED) is 0.655. The number of hydrogen-bond acceptors (Lipinski definition) is 5. The van der Waals surface area contributed by atoms with E-state index >= 15 is 0 Å². The average Bonchev–Trinajstić information content (AvgIpc) is 3.05. The molecule has 1 amide bonds. The Morgan fingerprint density at radius 2 is 2.15 bits per heavy atom. The summed E-state index contributed by atoms with van der Waals surface area (Å²) in [5.41, 5.74) is 2.35. The second-order valence-corrected chi connectivity index (χ2v) is 8.10. The molecule has 0 aliphatic heterocycles. The molecule has 3 aromatic rings. The van der Waals surface area contributed by atoms with Crippen LogP contribution in [0.2, 0.25) is 5.02 Å². The number of hydrogen-bond donors (Lipinski definition) is 0. The van der Waals surface area contributed by atoms with Crippen LogP contribution >= 0.6 is 22.9 Å². The smallest absolute Gasteiger partial charge is 0.255 e. The number of aromatic nitrogens is 3. The fraction of sp³-hybridized carbons (Fsp3) is 0.389.